The highest BCUT2D eigenvalue weighted by Gasteiger charge is 2.26. The lowest BCUT2D eigenvalue weighted by atomic mass is 10.5. The summed E-state index contributed by atoms with van der Waals surface area (Å²) in [5.41, 5.74) is 0. The van der Waals surface area contributed by atoms with Crippen molar-refractivity contribution < 1.29 is 24.4 Å². The summed E-state index contributed by atoms with van der Waals surface area (Å²) in [4.78, 5) is 0. The molecule has 0 aromatic rings. The zero-order valence-corrected chi connectivity index (χ0v) is 14.1. The van der Waals surface area contributed by atoms with Crippen LogP contribution in [0, 0.1) is 0 Å². The molecule has 2 aliphatic carbocycles. The first kappa shape index (κ1) is 21.8. The lowest BCUT2D eigenvalue weighted by Crippen LogP contribution is -2.06. The van der Waals surface area contributed by atoms with Gasteiger partial charge in [-0.1, -0.05) is 48.6 Å². The van der Waals surface area contributed by atoms with E-state index in [1.54, 1.807) is 0 Å². The zero-order chi connectivity index (χ0) is 17.2. The molecule has 0 aromatic carbocycles. The Kier molecular flexibility index (Phi) is 16.2. The molecule has 0 spiro atoms. The molecule has 2 atom stereocenters. The first-order valence-electron chi connectivity index (χ1n) is 7.79. The van der Waals surface area contributed by atoms with E-state index in [2.05, 4.69) is 48.6 Å². The van der Waals surface area contributed by atoms with Crippen LogP contribution in [0.1, 0.15) is 12.8 Å². The van der Waals surface area contributed by atoms with Crippen molar-refractivity contribution in [2.45, 2.75) is 25.0 Å². The number of aliphatic hydroxyl groups is 2. The number of hydrogen-bond donors (Lipinski definition) is 2. The van der Waals surface area contributed by atoms with Crippen LogP contribution in [-0.2, 0) is 14.2 Å². The topological polar surface area (TPSA) is 74.8 Å². The molecule has 0 radical (unpaired) electrons. The van der Waals surface area contributed by atoms with Crippen LogP contribution in [0.4, 0.5) is 0 Å². The van der Waals surface area contributed by atoms with E-state index in [1.807, 2.05) is 0 Å². The maximum absolute atomic E-state index is 7.00. The van der Waals surface area contributed by atoms with Gasteiger partial charge in [0.1, 0.15) is 12.2 Å². The van der Waals surface area contributed by atoms with E-state index in [-0.39, 0.29) is 0 Å². The molecule has 2 saturated heterocycles. The third-order valence-corrected chi connectivity index (χ3v) is 2.72. The van der Waals surface area contributed by atoms with Gasteiger partial charge in [0.05, 0.1) is 26.4 Å². The summed E-state index contributed by atoms with van der Waals surface area (Å²) in [6.07, 6.45) is 19.8. The minimum Gasteiger partial charge on any atom is -0.400 e. The third kappa shape index (κ3) is 17.0. The van der Waals surface area contributed by atoms with Crippen LogP contribution in [0.5, 0.6) is 0 Å². The quantitative estimate of drug-likeness (QED) is 0.773. The van der Waals surface area contributed by atoms with E-state index in [9.17, 15) is 0 Å². The lowest BCUT2D eigenvalue weighted by molar-refractivity contribution is 0.102. The molecule has 2 aliphatic heterocycles. The van der Waals surface area contributed by atoms with Crippen molar-refractivity contribution in [1.82, 2.24) is 0 Å². The molecular weight excluding hydrogens is 296 g/mol. The van der Waals surface area contributed by atoms with Crippen LogP contribution in [0.2, 0.25) is 0 Å². The van der Waals surface area contributed by atoms with E-state index in [0.29, 0.717) is 12.2 Å². The minimum absolute atomic E-state index is 0.392. The fourth-order valence-electron chi connectivity index (χ4n) is 1.45. The molecule has 4 rings (SSSR count). The van der Waals surface area contributed by atoms with E-state index < -0.39 is 0 Å². The molecule has 2 N–H and O–H groups in total. The van der Waals surface area contributed by atoms with Crippen molar-refractivity contribution in [2.24, 2.45) is 0 Å². The van der Waals surface area contributed by atoms with Gasteiger partial charge in [0.25, 0.3) is 0 Å². The maximum atomic E-state index is 7.00. The van der Waals surface area contributed by atoms with Crippen LogP contribution < -0.4 is 0 Å². The summed E-state index contributed by atoms with van der Waals surface area (Å²) in [5, 5.41) is 14.0. The fraction of sp³-hybridized carbons (Fsp3) is 0.556. The Morgan fingerprint density at radius 1 is 0.739 bits per heavy atom. The Bertz CT molecular complexity index is 298. The Balaban J connectivity index is 0.000000300. The molecule has 2 unspecified atom stereocenters. The van der Waals surface area contributed by atoms with Crippen LogP contribution in [-0.4, -0.2) is 63.1 Å². The SMILES string of the molecule is C(OCC1CO1)C1CO1.C1=CCC=C1.C1=CCC=C1.CO.CO. The molecule has 2 fully saturated rings. The maximum Gasteiger partial charge on any atom is 0.104 e. The summed E-state index contributed by atoms with van der Waals surface area (Å²) in [6.45, 7) is 3.26. The summed E-state index contributed by atoms with van der Waals surface area (Å²) in [6, 6.07) is 0. The Morgan fingerprint density at radius 3 is 1.22 bits per heavy atom. The highest BCUT2D eigenvalue weighted by molar-refractivity contribution is 5.12. The van der Waals surface area contributed by atoms with Gasteiger partial charge >= 0.3 is 0 Å². The second-order valence-corrected chi connectivity index (χ2v) is 4.63. The predicted octanol–water partition coefficient (Wildman–Crippen LogP) is 2.02. The summed E-state index contributed by atoms with van der Waals surface area (Å²) in [7, 11) is 2.00. The normalized spacial score (nSPS) is 23.3. The van der Waals surface area contributed by atoms with Gasteiger partial charge in [0, 0.05) is 14.2 Å². The summed E-state index contributed by atoms with van der Waals surface area (Å²) >= 11 is 0. The minimum atomic E-state index is 0.392. The molecule has 132 valence electrons. The van der Waals surface area contributed by atoms with Gasteiger partial charge < -0.3 is 24.4 Å². The van der Waals surface area contributed by atoms with Crippen molar-refractivity contribution >= 4 is 0 Å². The van der Waals surface area contributed by atoms with Crippen LogP contribution >= 0.6 is 0 Å². The largest absolute Gasteiger partial charge is 0.400 e. The van der Waals surface area contributed by atoms with Gasteiger partial charge in [-0.15, -0.1) is 0 Å². The monoisotopic (exact) mass is 326 g/mol. The van der Waals surface area contributed by atoms with Gasteiger partial charge in [-0.2, -0.15) is 0 Å². The molecule has 0 aromatic heterocycles. The highest BCUT2D eigenvalue weighted by atomic mass is 16.6. The van der Waals surface area contributed by atoms with Gasteiger partial charge in [-0.05, 0) is 12.8 Å². The third-order valence-electron chi connectivity index (χ3n) is 2.72. The molecule has 23 heavy (non-hydrogen) atoms. The smallest absolute Gasteiger partial charge is 0.104 e. The molecule has 4 aliphatic rings. The number of aliphatic hydroxyl groups excluding tert-OH is 2. The molecular formula is C18H30O5. The zero-order valence-electron chi connectivity index (χ0n) is 14.1. The molecule has 0 saturated carbocycles. The first-order valence-corrected chi connectivity index (χ1v) is 7.79. The van der Waals surface area contributed by atoms with E-state index in [4.69, 9.17) is 24.4 Å². The molecule has 0 bridgehead atoms. The predicted molar refractivity (Wildman–Crippen MR) is 92.4 cm³/mol. The van der Waals surface area contributed by atoms with E-state index in [1.165, 1.54) is 0 Å². The average Bonchev–Trinajstić information content (AvgIpc) is 3.47. The second kappa shape index (κ2) is 17.1. The van der Waals surface area contributed by atoms with Crippen molar-refractivity contribution in [3.05, 3.63) is 48.6 Å². The summed E-state index contributed by atoms with van der Waals surface area (Å²) in [5.74, 6) is 0. The first-order chi connectivity index (χ1) is 11.4. The number of hydrogen-bond acceptors (Lipinski definition) is 5. The lowest BCUT2D eigenvalue weighted by Gasteiger charge is -1.95. The average molecular weight is 326 g/mol. The van der Waals surface area contributed by atoms with Crippen molar-refractivity contribution in [3.8, 4) is 0 Å². The highest BCUT2D eigenvalue weighted by Crippen LogP contribution is 2.12. The number of rotatable bonds is 4. The standard InChI is InChI=1S/C6H10O3.2C5H6.2CH4O/c1(5-3-8-5)7-2-6-4-9-6;2*1-2-4-5-3-1;2*1-2/h5-6H,1-4H2;2*1-4H,5H2;2*2H,1H3. The molecule has 5 nitrogen and oxygen atoms in total. The number of allylic oxidation sites excluding steroid dienone is 8. The Labute approximate surface area is 139 Å². The van der Waals surface area contributed by atoms with Gasteiger partial charge in [0.2, 0.25) is 0 Å². The van der Waals surface area contributed by atoms with E-state index in [0.717, 1.165) is 53.5 Å². The number of ether oxygens (including phenoxy) is 3. The van der Waals surface area contributed by atoms with Crippen molar-refractivity contribution in [3.63, 3.8) is 0 Å². The number of epoxide rings is 2. The molecule has 2 heterocycles. The van der Waals surface area contributed by atoms with E-state index >= 15 is 0 Å². The van der Waals surface area contributed by atoms with Gasteiger partial charge in [0.15, 0.2) is 0 Å². The Hall–Kier alpha value is -1.24. The van der Waals surface area contributed by atoms with Crippen LogP contribution in [0.15, 0.2) is 48.6 Å². The van der Waals surface area contributed by atoms with Gasteiger partial charge in [-0.25, -0.2) is 0 Å². The summed E-state index contributed by atoms with van der Waals surface area (Å²) < 4.78 is 15.1. The molecule has 0 amide bonds. The second-order valence-electron chi connectivity index (χ2n) is 4.63. The van der Waals surface area contributed by atoms with Crippen LogP contribution in [0.3, 0.4) is 0 Å². The van der Waals surface area contributed by atoms with Gasteiger partial charge in [-0.3, -0.25) is 0 Å². The van der Waals surface area contributed by atoms with Crippen LogP contribution in [0.25, 0.3) is 0 Å². The van der Waals surface area contributed by atoms with Crippen molar-refractivity contribution in [2.75, 3.05) is 40.6 Å². The molecule has 5 heteroatoms. The fourth-order valence-corrected chi connectivity index (χ4v) is 1.45. The van der Waals surface area contributed by atoms with Crippen molar-refractivity contribution in [1.29, 1.82) is 0 Å². The Morgan fingerprint density at radius 2 is 1.04 bits per heavy atom.